The van der Waals surface area contributed by atoms with E-state index in [1.165, 1.54) is 31.5 Å². The Morgan fingerprint density at radius 3 is 2.95 bits per heavy atom. The lowest BCUT2D eigenvalue weighted by Crippen LogP contribution is -2.34. The second kappa shape index (κ2) is 5.89. The van der Waals surface area contributed by atoms with E-state index in [1.807, 2.05) is 23.7 Å². The van der Waals surface area contributed by atoms with Gasteiger partial charge in [0, 0.05) is 30.6 Å². The number of hydrogen-bond donors (Lipinski definition) is 1. The molecule has 0 atom stereocenters. The van der Waals surface area contributed by atoms with Gasteiger partial charge in [0.15, 0.2) is 5.65 Å². The van der Waals surface area contributed by atoms with E-state index in [4.69, 9.17) is 0 Å². The summed E-state index contributed by atoms with van der Waals surface area (Å²) in [6.07, 6.45) is 6.62. The van der Waals surface area contributed by atoms with Crippen molar-refractivity contribution in [3.8, 4) is 0 Å². The Hall–Kier alpha value is -1.46. The van der Waals surface area contributed by atoms with Gasteiger partial charge in [-0.1, -0.05) is 0 Å². The molecule has 2 aromatic rings. The monoisotopic (exact) mass is 273 g/mol. The lowest BCUT2D eigenvalue weighted by molar-refractivity contribution is 0.216. The van der Waals surface area contributed by atoms with Gasteiger partial charge in [-0.3, -0.25) is 0 Å². The molecule has 0 spiro atoms. The molecule has 3 heterocycles. The first-order valence-corrected chi connectivity index (χ1v) is 7.41. The van der Waals surface area contributed by atoms with E-state index in [1.54, 1.807) is 0 Å². The van der Waals surface area contributed by atoms with Gasteiger partial charge in [-0.2, -0.15) is 5.10 Å². The van der Waals surface area contributed by atoms with Gasteiger partial charge < -0.3 is 10.2 Å². The molecule has 20 heavy (non-hydrogen) atoms. The van der Waals surface area contributed by atoms with Gasteiger partial charge >= 0.3 is 0 Å². The maximum Gasteiger partial charge on any atom is 0.155 e. The molecule has 0 aromatic carbocycles. The van der Waals surface area contributed by atoms with E-state index in [0.29, 0.717) is 0 Å². The van der Waals surface area contributed by atoms with Crippen LogP contribution in [0.1, 0.15) is 24.1 Å². The lowest BCUT2D eigenvalue weighted by atomic mass is 9.97. The van der Waals surface area contributed by atoms with Gasteiger partial charge in [-0.05, 0) is 52.4 Å². The molecule has 0 radical (unpaired) electrons. The first-order valence-electron chi connectivity index (χ1n) is 7.41. The zero-order chi connectivity index (χ0) is 13.9. The van der Waals surface area contributed by atoms with Gasteiger partial charge in [0.1, 0.15) is 0 Å². The van der Waals surface area contributed by atoms with Crippen molar-refractivity contribution in [2.45, 2.75) is 26.3 Å². The number of nitrogens with one attached hydrogen (secondary N) is 1. The number of piperidine rings is 1. The molecule has 2 aromatic heterocycles. The third-order valence-electron chi connectivity index (χ3n) is 4.09. The topological polar surface area (TPSA) is 45.5 Å². The normalized spacial score (nSPS) is 17.9. The van der Waals surface area contributed by atoms with Crippen molar-refractivity contribution in [1.29, 1.82) is 0 Å². The van der Waals surface area contributed by atoms with Crippen LogP contribution < -0.4 is 5.32 Å². The highest BCUT2D eigenvalue weighted by Gasteiger charge is 2.15. The molecule has 1 fully saturated rings. The van der Waals surface area contributed by atoms with Crippen LogP contribution >= 0.6 is 0 Å². The maximum atomic E-state index is 4.43. The summed E-state index contributed by atoms with van der Waals surface area (Å²) in [5.41, 5.74) is 3.11. The van der Waals surface area contributed by atoms with Crippen LogP contribution in [0.4, 0.5) is 0 Å². The van der Waals surface area contributed by atoms with Crippen LogP contribution in [0.5, 0.6) is 0 Å². The van der Waals surface area contributed by atoms with Crippen LogP contribution in [0.3, 0.4) is 0 Å². The molecule has 0 amide bonds. The van der Waals surface area contributed by atoms with Crippen molar-refractivity contribution in [3.05, 3.63) is 29.7 Å². The molecule has 1 N–H and O–H groups in total. The fourth-order valence-electron chi connectivity index (χ4n) is 2.81. The largest absolute Gasteiger partial charge is 0.312 e. The number of likely N-dealkylation sites (tertiary alicyclic amines) is 1. The summed E-state index contributed by atoms with van der Waals surface area (Å²) in [6.45, 7) is 6.42. The number of aryl methyl sites for hydroxylation is 1. The Kier molecular flexibility index (Phi) is 3.98. The Morgan fingerprint density at radius 1 is 1.35 bits per heavy atom. The molecule has 1 aliphatic heterocycles. The number of fused-ring (bicyclic) bond motifs is 1. The van der Waals surface area contributed by atoms with Gasteiger partial charge in [0.2, 0.25) is 0 Å². The van der Waals surface area contributed by atoms with Crippen LogP contribution in [0, 0.1) is 12.8 Å². The second-order valence-electron chi connectivity index (χ2n) is 5.93. The Morgan fingerprint density at radius 2 is 2.15 bits per heavy atom. The fourth-order valence-corrected chi connectivity index (χ4v) is 2.81. The van der Waals surface area contributed by atoms with Crippen LogP contribution in [-0.4, -0.2) is 46.2 Å². The van der Waals surface area contributed by atoms with Crippen molar-refractivity contribution in [2.75, 3.05) is 26.7 Å². The molecule has 0 bridgehead atoms. The van der Waals surface area contributed by atoms with Gasteiger partial charge in [-0.25, -0.2) is 9.50 Å². The summed E-state index contributed by atoms with van der Waals surface area (Å²) < 4.78 is 1.86. The highest BCUT2D eigenvalue weighted by Crippen LogP contribution is 2.14. The number of rotatable bonds is 4. The predicted molar refractivity (Wildman–Crippen MR) is 79.7 cm³/mol. The first-order chi connectivity index (χ1) is 9.70. The molecule has 0 aliphatic carbocycles. The Bertz CT molecular complexity index is 569. The van der Waals surface area contributed by atoms with E-state index in [0.717, 1.165) is 30.3 Å². The third-order valence-corrected chi connectivity index (χ3v) is 4.09. The van der Waals surface area contributed by atoms with Crippen molar-refractivity contribution in [2.24, 2.45) is 5.92 Å². The molecular formula is C15H23N5. The smallest absolute Gasteiger partial charge is 0.155 e. The van der Waals surface area contributed by atoms with Crippen LogP contribution in [0.25, 0.3) is 5.65 Å². The zero-order valence-electron chi connectivity index (χ0n) is 12.3. The molecule has 0 saturated carbocycles. The molecule has 5 nitrogen and oxygen atoms in total. The van der Waals surface area contributed by atoms with E-state index in [2.05, 4.69) is 33.5 Å². The molecule has 0 unspecified atom stereocenters. The van der Waals surface area contributed by atoms with Crippen molar-refractivity contribution >= 4 is 5.65 Å². The van der Waals surface area contributed by atoms with Crippen LogP contribution in [0.15, 0.2) is 18.5 Å². The van der Waals surface area contributed by atoms with E-state index in [-0.39, 0.29) is 0 Å². The lowest BCUT2D eigenvalue weighted by Gasteiger charge is -2.29. The van der Waals surface area contributed by atoms with Gasteiger partial charge in [0.05, 0.1) is 5.69 Å². The van der Waals surface area contributed by atoms with Crippen molar-refractivity contribution < 1.29 is 0 Å². The standard InChI is InChI=1S/C15H23N5/c1-12-7-15-17-10-14(11-20(15)18-12)9-16-8-13-3-5-19(2)6-4-13/h7,10-11,13,16H,3-6,8-9H2,1-2H3. The third kappa shape index (κ3) is 3.16. The van der Waals surface area contributed by atoms with Gasteiger partial charge in [-0.15, -0.1) is 0 Å². The van der Waals surface area contributed by atoms with Crippen LogP contribution in [-0.2, 0) is 6.54 Å². The number of aromatic nitrogens is 3. The molecule has 3 rings (SSSR count). The fraction of sp³-hybridized carbons (Fsp3) is 0.600. The predicted octanol–water partition coefficient (Wildman–Crippen LogP) is 1.47. The van der Waals surface area contributed by atoms with E-state index < -0.39 is 0 Å². The summed E-state index contributed by atoms with van der Waals surface area (Å²) >= 11 is 0. The second-order valence-corrected chi connectivity index (χ2v) is 5.93. The summed E-state index contributed by atoms with van der Waals surface area (Å²) in [4.78, 5) is 6.84. The first kappa shape index (κ1) is 13.5. The Balaban J connectivity index is 1.52. The molecule has 108 valence electrons. The SMILES string of the molecule is Cc1cc2ncc(CNCC3CCN(C)CC3)cn2n1. The minimum Gasteiger partial charge on any atom is -0.312 e. The molecule has 1 aliphatic rings. The average molecular weight is 273 g/mol. The molecule has 5 heteroatoms. The molecular weight excluding hydrogens is 250 g/mol. The minimum absolute atomic E-state index is 0.815. The zero-order valence-corrected chi connectivity index (χ0v) is 12.3. The van der Waals surface area contributed by atoms with Crippen LogP contribution in [0.2, 0.25) is 0 Å². The van der Waals surface area contributed by atoms with E-state index >= 15 is 0 Å². The van der Waals surface area contributed by atoms with E-state index in [9.17, 15) is 0 Å². The highest BCUT2D eigenvalue weighted by atomic mass is 15.2. The number of nitrogens with zero attached hydrogens (tertiary/aromatic N) is 4. The van der Waals surface area contributed by atoms with Crippen molar-refractivity contribution in [1.82, 2.24) is 24.8 Å². The van der Waals surface area contributed by atoms with Gasteiger partial charge in [0.25, 0.3) is 0 Å². The highest BCUT2D eigenvalue weighted by molar-refractivity contribution is 5.38. The summed E-state index contributed by atoms with van der Waals surface area (Å²) in [7, 11) is 2.20. The summed E-state index contributed by atoms with van der Waals surface area (Å²) in [5, 5.41) is 7.96. The maximum absolute atomic E-state index is 4.43. The summed E-state index contributed by atoms with van der Waals surface area (Å²) in [6, 6.07) is 2.00. The minimum atomic E-state index is 0.815. The summed E-state index contributed by atoms with van der Waals surface area (Å²) in [5.74, 6) is 0.815. The Labute approximate surface area is 120 Å². The van der Waals surface area contributed by atoms with Crippen molar-refractivity contribution in [3.63, 3.8) is 0 Å². The molecule has 1 saturated heterocycles. The average Bonchev–Trinajstić information content (AvgIpc) is 2.80. The number of hydrogen-bond acceptors (Lipinski definition) is 4. The quantitative estimate of drug-likeness (QED) is 0.916.